The summed E-state index contributed by atoms with van der Waals surface area (Å²) in [5, 5.41) is 2.04. The fourth-order valence-corrected chi connectivity index (χ4v) is 2.25. The molecule has 1 aromatic heterocycles. The molecule has 0 saturated carbocycles. The molecule has 16 heavy (non-hydrogen) atoms. The van der Waals surface area contributed by atoms with Gasteiger partial charge in [-0.3, -0.25) is 4.79 Å². The summed E-state index contributed by atoms with van der Waals surface area (Å²) in [4.78, 5) is 15.1. The molecule has 0 aromatic carbocycles. The summed E-state index contributed by atoms with van der Waals surface area (Å²) in [6, 6.07) is 4.36. The molecule has 1 rings (SSSR count). The van der Waals surface area contributed by atoms with Crippen LogP contribution in [0.3, 0.4) is 0 Å². The topological polar surface area (TPSA) is 46.3 Å². The van der Waals surface area contributed by atoms with Gasteiger partial charge in [0, 0.05) is 23.9 Å². The minimum Gasteiger partial charge on any atom is -0.335 e. The molecule has 1 amide bonds. The van der Waals surface area contributed by atoms with Crippen LogP contribution in [0, 0.1) is 0 Å². The van der Waals surface area contributed by atoms with Gasteiger partial charge < -0.3 is 10.6 Å². The van der Waals surface area contributed by atoms with E-state index in [2.05, 4.69) is 19.9 Å². The molecule has 1 heterocycles. The Morgan fingerprint density at radius 2 is 2.38 bits per heavy atom. The molecule has 1 atom stereocenters. The minimum absolute atomic E-state index is 0.158. The normalized spacial score (nSPS) is 12.4. The fraction of sp³-hybridized carbons (Fsp3) is 0.583. The van der Waals surface area contributed by atoms with E-state index in [1.807, 2.05) is 16.3 Å². The molecule has 0 aliphatic heterocycles. The second kappa shape index (κ2) is 6.66. The molecule has 0 aliphatic carbocycles. The first-order chi connectivity index (χ1) is 7.69. The van der Waals surface area contributed by atoms with E-state index in [-0.39, 0.29) is 11.9 Å². The molecule has 0 bridgehead atoms. The molecule has 2 N–H and O–H groups in total. The van der Waals surface area contributed by atoms with Gasteiger partial charge in [0.05, 0.1) is 6.54 Å². The van der Waals surface area contributed by atoms with Gasteiger partial charge >= 0.3 is 0 Å². The van der Waals surface area contributed by atoms with Gasteiger partial charge in [0.25, 0.3) is 0 Å². The minimum atomic E-state index is 0.158. The van der Waals surface area contributed by atoms with Crippen LogP contribution in [-0.2, 0) is 11.3 Å². The number of rotatable bonds is 6. The molecule has 4 heteroatoms. The number of thiophene rings is 1. The van der Waals surface area contributed by atoms with Crippen LogP contribution in [0.2, 0.25) is 0 Å². The van der Waals surface area contributed by atoms with E-state index in [0.29, 0.717) is 19.5 Å². The Bertz CT molecular complexity index is 311. The molecule has 0 fully saturated rings. The van der Waals surface area contributed by atoms with E-state index in [0.717, 1.165) is 6.42 Å². The average Bonchev–Trinajstić information content (AvgIpc) is 2.78. The van der Waals surface area contributed by atoms with Crippen molar-refractivity contribution in [1.29, 1.82) is 0 Å². The maximum absolute atomic E-state index is 11.9. The number of carbonyl (C=O) groups excluding carboxylic acids is 1. The van der Waals surface area contributed by atoms with Gasteiger partial charge in [-0.05, 0) is 24.8 Å². The molecule has 0 aliphatic rings. The maximum Gasteiger partial charge on any atom is 0.224 e. The Morgan fingerprint density at radius 3 is 2.88 bits per heavy atom. The van der Waals surface area contributed by atoms with Crippen molar-refractivity contribution < 1.29 is 4.79 Å². The molecule has 3 nitrogen and oxygen atoms in total. The second-order valence-electron chi connectivity index (χ2n) is 3.90. The number of amides is 1. The number of hydrogen-bond acceptors (Lipinski definition) is 3. The summed E-state index contributed by atoms with van der Waals surface area (Å²) in [7, 11) is 0. The number of hydrogen-bond donors (Lipinski definition) is 1. The van der Waals surface area contributed by atoms with Crippen LogP contribution in [0.15, 0.2) is 17.5 Å². The molecule has 1 unspecified atom stereocenters. The lowest BCUT2D eigenvalue weighted by Crippen LogP contribution is -2.38. The molecule has 0 spiro atoms. The molecule has 90 valence electrons. The van der Waals surface area contributed by atoms with Gasteiger partial charge in [-0.25, -0.2) is 0 Å². The largest absolute Gasteiger partial charge is 0.335 e. The third-order valence-electron chi connectivity index (χ3n) is 2.71. The zero-order valence-corrected chi connectivity index (χ0v) is 10.8. The lowest BCUT2D eigenvalue weighted by atomic mass is 10.2. The SMILES string of the molecule is CCC(C)N(Cc1cccs1)C(=O)CCN. The van der Waals surface area contributed by atoms with E-state index >= 15 is 0 Å². The lowest BCUT2D eigenvalue weighted by Gasteiger charge is -2.28. The van der Waals surface area contributed by atoms with Gasteiger partial charge in [-0.15, -0.1) is 11.3 Å². The van der Waals surface area contributed by atoms with E-state index in [1.54, 1.807) is 11.3 Å². The monoisotopic (exact) mass is 240 g/mol. The Morgan fingerprint density at radius 1 is 1.62 bits per heavy atom. The predicted octanol–water partition coefficient (Wildman–Crippen LogP) is 2.22. The summed E-state index contributed by atoms with van der Waals surface area (Å²) >= 11 is 1.69. The van der Waals surface area contributed by atoms with Crippen molar-refractivity contribution in [2.75, 3.05) is 6.54 Å². The first-order valence-corrected chi connectivity index (χ1v) is 6.59. The number of nitrogens with zero attached hydrogens (tertiary/aromatic N) is 1. The summed E-state index contributed by atoms with van der Waals surface area (Å²) < 4.78 is 0. The van der Waals surface area contributed by atoms with E-state index < -0.39 is 0 Å². The summed E-state index contributed by atoms with van der Waals surface area (Å²) in [6.07, 6.45) is 1.41. The van der Waals surface area contributed by atoms with Crippen molar-refractivity contribution >= 4 is 17.2 Å². The second-order valence-corrected chi connectivity index (χ2v) is 4.93. The molecular formula is C12H20N2OS. The van der Waals surface area contributed by atoms with Crippen molar-refractivity contribution in [3.63, 3.8) is 0 Å². The molecule has 1 aromatic rings. The molecule has 0 radical (unpaired) electrons. The van der Waals surface area contributed by atoms with Gasteiger partial charge in [0.15, 0.2) is 0 Å². The first-order valence-electron chi connectivity index (χ1n) is 5.71. The lowest BCUT2D eigenvalue weighted by molar-refractivity contribution is -0.133. The van der Waals surface area contributed by atoms with Crippen molar-refractivity contribution in [2.45, 2.75) is 39.3 Å². The van der Waals surface area contributed by atoms with Crippen LogP contribution in [0.4, 0.5) is 0 Å². The van der Waals surface area contributed by atoms with Crippen LogP contribution < -0.4 is 5.73 Å². The van der Waals surface area contributed by atoms with Crippen molar-refractivity contribution in [3.8, 4) is 0 Å². The third kappa shape index (κ3) is 3.61. The van der Waals surface area contributed by atoms with Crippen molar-refractivity contribution in [1.82, 2.24) is 4.90 Å². The van der Waals surface area contributed by atoms with Crippen LogP contribution in [0.25, 0.3) is 0 Å². The van der Waals surface area contributed by atoms with Gasteiger partial charge in [-0.2, -0.15) is 0 Å². The standard InChI is InChI=1S/C12H20N2OS/c1-3-10(2)14(12(15)6-7-13)9-11-5-4-8-16-11/h4-5,8,10H,3,6-7,9,13H2,1-2H3. The van der Waals surface area contributed by atoms with E-state index in [9.17, 15) is 4.79 Å². The molecular weight excluding hydrogens is 220 g/mol. The zero-order chi connectivity index (χ0) is 12.0. The Labute approximate surface area is 101 Å². The van der Waals surface area contributed by atoms with Crippen LogP contribution in [-0.4, -0.2) is 23.4 Å². The van der Waals surface area contributed by atoms with Crippen molar-refractivity contribution in [3.05, 3.63) is 22.4 Å². The Hall–Kier alpha value is -0.870. The summed E-state index contributed by atoms with van der Waals surface area (Å²) in [6.45, 7) is 5.32. The predicted molar refractivity (Wildman–Crippen MR) is 68.3 cm³/mol. The van der Waals surface area contributed by atoms with Crippen LogP contribution in [0.5, 0.6) is 0 Å². The van der Waals surface area contributed by atoms with Crippen LogP contribution in [0.1, 0.15) is 31.6 Å². The number of carbonyl (C=O) groups is 1. The summed E-state index contributed by atoms with van der Waals surface area (Å²) in [5.74, 6) is 0.158. The maximum atomic E-state index is 11.9. The smallest absolute Gasteiger partial charge is 0.224 e. The highest BCUT2D eigenvalue weighted by Gasteiger charge is 2.18. The third-order valence-corrected chi connectivity index (χ3v) is 3.57. The zero-order valence-electron chi connectivity index (χ0n) is 9.98. The average molecular weight is 240 g/mol. The van der Waals surface area contributed by atoms with Gasteiger partial charge in [0.2, 0.25) is 5.91 Å². The highest BCUT2D eigenvalue weighted by molar-refractivity contribution is 7.09. The fourth-order valence-electron chi connectivity index (χ4n) is 1.55. The van der Waals surface area contributed by atoms with Crippen LogP contribution >= 0.6 is 11.3 Å². The Balaban J connectivity index is 2.67. The summed E-state index contributed by atoms with van der Waals surface area (Å²) in [5.41, 5.74) is 5.44. The quantitative estimate of drug-likeness (QED) is 0.828. The van der Waals surface area contributed by atoms with E-state index in [4.69, 9.17) is 5.73 Å². The van der Waals surface area contributed by atoms with Crippen molar-refractivity contribution in [2.24, 2.45) is 5.73 Å². The Kier molecular flexibility index (Phi) is 5.49. The van der Waals surface area contributed by atoms with Gasteiger partial charge in [0.1, 0.15) is 0 Å². The van der Waals surface area contributed by atoms with E-state index in [1.165, 1.54) is 4.88 Å². The first kappa shape index (κ1) is 13.2. The van der Waals surface area contributed by atoms with Gasteiger partial charge in [-0.1, -0.05) is 13.0 Å². The highest BCUT2D eigenvalue weighted by Crippen LogP contribution is 2.16. The number of nitrogens with two attached hydrogens (primary N) is 1. The molecule has 0 saturated heterocycles. The highest BCUT2D eigenvalue weighted by atomic mass is 32.1.